The van der Waals surface area contributed by atoms with Crippen molar-refractivity contribution in [2.45, 2.75) is 57.6 Å². The molecule has 0 aromatic carbocycles. The van der Waals surface area contributed by atoms with Crippen molar-refractivity contribution in [1.29, 1.82) is 0 Å². The topological polar surface area (TPSA) is 20.3 Å². The molecule has 0 aromatic rings. The van der Waals surface area contributed by atoms with Crippen LogP contribution < -0.4 is 0 Å². The standard InChI is InChI=1S/C12H21NOS/c1-6-10-7-11(15-9(4)5)12(14)13(10)8(2)3/h6,8-9,11H,7H2,1-5H3. The van der Waals surface area contributed by atoms with Crippen LogP contribution in [0.15, 0.2) is 11.8 Å². The van der Waals surface area contributed by atoms with Crippen LogP contribution in [-0.4, -0.2) is 27.3 Å². The molecule has 1 saturated heterocycles. The minimum Gasteiger partial charge on any atom is -0.313 e. The maximum Gasteiger partial charge on any atom is 0.240 e. The molecular weight excluding hydrogens is 206 g/mol. The Balaban J connectivity index is 2.80. The molecule has 15 heavy (non-hydrogen) atoms. The van der Waals surface area contributed by atoms with Gasteiger partial charge in [-0.05, 0) is 26.0 Å². The van der Waals surface area contributed by atoms with Crippen LogP contribution in [0.4, 0.5) is 0 Å². The van der Waals surface area contributed by atoms with E-state index in [0.29, 0.717) is 5.25 Å². The van der Waals surface area contributed by atoms with Gasteiger partial charge in [0.15, 0.2) is 0 Å². The highest BCUT2D eigenvalue weighted by molar-refractivity contribution is 8.01. The fourth-order valence-corrected chi connectivity index (χ4v) is 3.10. The number of likely N-dealkylation sites (tertiary alicyclic amines) is 1. The van der Waals surface area contributed by atoms with Gasteiger partial charge in [0.05, 0.1) is 5.25 Å². The van der Waals surface area contributed by atoms with Crippen molar-refractivity contribution in [1.82, 2.24) is 4.90 Å². The van der Waals surface area contributed by atoms with E-state index >= 15 is 0 Å². The van der Waals surface area contributed by atoms with E-state index < -0.39 is 0 Å². The van der Waals surface area contributed by atoms with Gasteiger partial charge in [-0.2, -0.15) is 0 Å². The SMILES string of the molecule is CC=C1CC(SC(C)C)C(=O)N1C(C)C. The summed E-state index contributed by atoms with van der Waals surface area (Å²) in [6.45, 7) is 10.4. The van der Waals surface area contributed by atoms with Gasteiger partial charge in [0, 0.05) is 18.2 Å². The summed E-state index contributed by atoms with van der Waals surface area (Å²) in [5.41, 5.74) is 1.19. The van der Waals surface area contributed by atoms with E-state index in [4.69, 9.17) is 0 Å². The smallest absolute Gasteiger partial charge is 0.240 e. The molecule has 0 spiro atoms. The molecule has 3 heteroatoms. The molecule has 1 atom stereocenters. The first-order valence-electron chi connectivity index (χ1n) is 5.61. The number of nitrogens with zero attached hydrogens (tertiary/aromatic N) is 1. The van der Waals surface area contributed by atoms with Crippen molar-refractivity contribution in [3.63, 3.8) is 0 Å². The molecule has 0 bridgehead atoms. The highest BCUT2D eigenvalue weighted by Crippen LogP contribution is 2.34. The number of hydrogen-bond acceptors (Lipinski definition) is 2. The summed E-state index contributed by atoms with van der Waals surface area (Å²) in [5, 5.41) is 0.655. The number of thioether (sulfide) groups is 1. The highest BCUT2D eigenvalue weighted by Gasteiger charge is 2.37. The molecule has 0 aromatic heterocycles. The molecule has 1 aliphatic heterocycles. The number of hydrogen-bond donors (Lipinski definition) is 0. The van der Waals surface area contributed by atoms with Gasteiger partial charge >= 0.3 is 0 Å². The number of carbonyl (C=O) groups is 1. The maximum absolute atomic E-state index is 12.1. The van der Waals surface area contributed by atoms with Crippen molar-refractivity contribution in [3.8, 4) is 0 Å². The summed E-state index contributed by atoms with van der Waals surface area (Å²) in [4.78, 5) is 14.1. The molecule has 1 rings (SSSR count). The molecule has 1 fully saturated rings. The maximum atomic E-state index is 12.1. The van der Waals surface area contributed by atoms with E-state index in [0.717, 1.165) is 6.42 Å². The predicted octanol–water partition coefficient (Wildman–Crippen LogP) is 3.04. The molecular formula is C12H21NOS. The zero-order valence-electron chi connectivity index (χ0n) is 10.3. The van der Waals surface area contributed by atoms with Gasteiger partial charge in [-0.1, -0.05) is 19.9 Å². The Kier molecular flexibility index (Phi) is 4.26. The molecule has 1 amide bonds. The van der Waals surface area contributed by atoms with Crippen LogP contribution in [0.2, 0.25) is 0 Å². The van der Waals surface area contributed by atoms with Crippen LogP contribution in [0.5, 0.6) is 0 Å². The Morgan fingerprint density at radius 1 is 1.40 bits per heavy atom. The van der Waals surface area contributed by atoms with E-state index in [1.54, 1.807) is 11.8 Å². The van der Waals surface area contributed by atoms with E-state index in [1.807, 2.05) is 11.8 Å². The van der Waals surface area contributed by atoms with Crippen molar-refractivity contribution in [3.05, 3.63) is 11.8 Å². The second-order valence-corrected chi connectivity index (χ2v) is 6.24. The van der Waals surface area contributed by atoms with Crippen molar-refractivity contribution >= 4 is 17.7 Å². The van der Waals surface area contributed by atoms with Crippen LogP contribution in [0.3, 0.4) is 0 Å². The fourth-order valence-electron chi connectivity index (χ4n) is 1.95. The van der Waals surface area contributed by atoms with Gasteiger partial charge in [-0.3, -0.25) is 4.79 Å². The van der Waals surface area contributed by atoms with Gasteiger partial charge in [0.1, 0.15) is 0 Å². The number of rotatable bonds is 3. The first-order valence-corrected chi connectivity index (χ1v) is 6.55. The minimum atomic E-state index is 0.138. The summed E-state index contributed by atoms with van der Waals surface area (Å²) in [6.07, 6.45) is 2.97. The summed E-state index contributed by atoms with van der Waals surface area (Å²) < 4.78 is 0. The first kappa shape index (κ1) is 12.6. The lowest BCUT2D eigenvalue weighted by atomic mass is 10.3. The zero-order valence-corrected chi connectivity index (χ0v) is 11.1. The van der Waals surface area contributed by atoms with Crippen LogP contribution in [-0.2, 0) is 4.79 Å². The highest BCUT2D eigenvalue weighted by atomic mass is 32.2. The third kappa shape index (κ3) is 2.77. The lowest BCUT2D eigenvalue weighted by molar-refractivity contribution is -0.127. The van der Waals surface area contributed by atoms with E-state index in [-0.39, 0.29) is 17.2 Å². The summed E-state index contributed by atoms with van der Waals surface area (Å²) >= 11 is 1.78. The van der Waals surface area contributed by atoms with Gasteiger partial charge in [-0.15, -0.1) is 11.8 Å². The van der Waals surface area contributed by atoms with Crippen LogP contribution in [0, 0.1) is 0 Å². The Bertz CT molecular complexity index is 271. The van der Waals surface area contributed by atoms with E-state index in [9.17, 15) is 4.79 Å². The number of carbonyl (C=O) groups excluding carboxylic acids is 1. The molecule has 1 unspecified atom stereocenters. The van der Waals surface area contributed by atoms with E-state index in [1.165, 1.54) is 5.70 Å². The largest absolute Gasteiger partial charge is 0.313 e. The summed E-state index contributed by atoms with van der Waals surface area (Å²) in [7, 11) is 0. The fraction of sp³-hybridized carbons (Fsp3) is 0.750. The summed E-state index contributed by atoms with van der Waals surface area (Å²) in [6, 6.07) is 0.279. The lowest BCUT2D eigenvalue weighted by Gasteiger charge is -2.22. The molecule has 1 aliphatic rings. The summed E-state index contributed by atoms with van der Waals surface area (Å²) in [5.74, 6) is 0.289. The third-order valence-electron chi connectivity index (χ3n) is 2.50. The van der Waals surface area contributed by atoms with Crippen LogP contribution in [0.1, 0.15) is 41.0 Å². The monoisotopic (exact) mass is 227 g/mol. The lowest BCUT2D eigenvalue weighted by Crippen LogP contribution is -2.33. The van der Waals surface area contributed by atoms with Gasteiger partial charge in [0.25, 0.3) is 0 Å². The Labute approximate surface area is 97.1 Å². The van der Waals surface area contributed by atoms with Gasteiger partial charge < -0.3 is 4.90 Å². The molecule has 86 valence electrons. The molecule has 2 nitrogen and oxygen atoms in total. The first-order chi connectivity index (χ1) is 6.97. The van der Waals surface area contributed by atoms with Crippen molar-refractivity contribution in [2.75, 3.05) is 0 Å². The second kappa shape index (κ2) is 5.06. The third-order valence-corrected chi connectivity index (χ3v) is 3.74. The zero-order chi connectivity index (χ0) is 11.6. The second-order valence-electron chi connectivity index (χ2n) is 4.46. The number of allylic oxidation sites excluding steroid dienone is 2. The minimum absolute atomic E-state index is 0.138. The molecule has 0 saturated carbocycles. The van der Waals surface area contributed by atoms with Crippen molar-refractivity contribution < 1.29 is 4.79 Å². The Morgan fingerprint density at radius 2 is 2.00 bits per heavy atom. The van der Waals surface area contributed by atoms with Crippen molar-refractivity contribution in [2.24, 2.45) is 0 Å². The Morgan fingerprint density at radius 3 is 2.33 bits per heavy atom. The number of amides is 1. The molecule has 0 radical (unpaired) electrons. The molecule has 0 aliphatic carbocycles. The van der Waals surface area contributed by atoms with Crippen LogP contribution >= 0.6 is 11.8 Å². The Hall–Kier alpha value is -0.440. The predicted molar refractivity (Wildman–Crippen MR) is 66.9 cm³/mol. The normalized spacial score (nSPS) is 25.0. The van der Waals surface area contributed by atoms with Crippen LogP contribution in [0.25, 0.3) is 0 Å². The average molecular weight is 227 g/mol. The molecule has 0 N–H and O–H groups in total. The average Bonchev–Trinajstić information content (AvgIpc) is 2.42. The quantitative estimate of drug-likeness (QED) is 0.738. The molecule has 1 heterocycles. The van der Waals surface area contributed by atoms with E-state index in [2.05, 4.69) is 33.8 Å². The van der Waals surface area contributed by atoms with Gasteiger partial charge in [-0.25, -0.2) is 0 Å². The van der Waals surface area contributed by atoms with Gasteiger partial charge in [0.2, 0.25) is 5.91 Å².